The Kier molecular flexibility index (Phi) is 5.31. The highest BCUT2D eigenvalue weighted by molar-refractivity contribution is 7.99. The summed E-state index contributed by atoms with van der Waals surface area (Å²) in [5.41, 5.74) is 1.57. The molecule has 0 bridgehead atoms. The summed E-state index contributed by atoms with van der Waals surface area (Å²) in [5, 5.41) is 16.8. The first-order valence-electron chi connectivity index (χ1n) is 8.55. The largest absolute Gasteiger partial charge is 0.459 e. The van der Waals surface area contributed by atoms with E-state index in [0.717, 1.165) is 16.7 Å². The molecule has 4 rings (SSSR count). The number of carbonyl (C=O) groups excluding carboxylic acids is 1. The summed E-state index contributed by atoms with van der Waals surface area (Å²) in [4.78, 5) is 12.4. The smallest absolute Gasteiger partial charge is 0.231 e. The minimum absolute atomic E-state index is 0.136. The normalized spacial score (nSPS) is 12.2. The monoisotopic (exact) mass is 413 g/mol. The number of carbonyl (C=O) groups is 1. The SMILES string of the molecule is C[C@@H](NC(=O)CSc1nnnn1-c1ccc(Cl)cc1)c1cc2ccccc2o1. The Labute approximate surface area is 170 Å². The van der Waals surface area contributed by atoms with Crippen molar-refractivity contribution in [2.75, 3.05) is 5.75 Å². The predicted molar refractivity (Wildman–Crippen MR) is 108 cm³/mol. The van der Waals surface area contributed by atoms with Gasteiger partial charge >= 0.3 is 0 Å². The molecule has 0 spiro atoms. The van der Waals surface area contributed by atoms with Gasteiger partial charge in [-0.25, -0.2) is 0 Å². The van der Waals surface area contributed by atoms with Crippen LogP contribution in [0.25, 0.3) is 16.7 Å². The molecule has 142 valence electrons. The predicted octanol–water partition coefficient (Wildman–Crippen LogP) is 4.03. The summed E-state index contributed by atoms with van der Waals surface area (Å²) in [6, 6.07) is 16.6. The van der Waals surface area contributed by atoms with Gasteiger partial charge in [0, 0.05) is 10.4 Å². The first kappa shape index (κ1) is 18.5. The average Bonchev–Trinajstić information content (AvgIpc) is 3.34. The summed E-state index contributed by atoms with van der Waals surface area (Å²) in [5.74, 6) is 0.757. The number of halogens is 1. The van der Waals surface area contributed by atoms with E-state index in [9.17, 15) is 4.79 Å². The minimum atomic E-state index is -0.243. The fraction of sp³-hybridized carbons (Fsp3) is 0.158. The molecule has 0 unspecified atom stereocenters. The Balaban J connectivity index is 1.38. The van der Waals surface area contributed by atoms with E-state index in [2.05, 4.69) is 20.8 Å². The molecule has 1 atom stereocenters. The van der Waals surface area contributed by atoms with Crippen molar-refractivity contribution in [2.45, 2.75) is 18.1 Å². The molecule has 0 fully saturated rings. The van der Waals surface area contributed by atoms with Crippen LogP contribution >= 0.6 is 23.4 Å². The van der Waals surface area contributed by atoms with Gasteiger partial charge in [-0.1, -0.05) is 41.6 Å². The number of para-hydroxylation sites is 1. The van der Waals surface area contributed by atoms with Gasteiger partial charge in [0.05, 0.1) is 17.5 Å². The fourth-order valence-corrected chi connectivity index (χ4v) is 3.54. The van der Waals surface area contributed by atoms with Crippen LogP contribution in [0.1, 0.15) is 18.7 Å². The van der Waals surface area contributed by atoms with Crippen LogP contribution in [0, 0.1) is 0 Å². The van der Waals surface area contributed by atoms with Crippen LogP contribution in [0.3, 0.4) is 0 Å². The van der Waals surface area contributed by atoms with Gasteiger partial charge in [0.1, 0.15) is 11.3 Å². The van der Waals surface area contributed by atoms with Crippen molar-refractivity contribution >= 4 is 40.2 Å². The molecule has 0 saturated carbocycles. The molecule has 2 heterocycles. The molecule has 2 aromatic carbocycles. The number of nitrogens with one attached hydrogen (secondary N) is 1. The van der Waals surface area contributed by atoms with Crippen molar-refractivity contribution in [1.82, 2.24) is 25.5 Å². The fourth-order valence-electron chi connectivity index (χ4n) is 2.71. The number of fused-ring (bicyclic) bond motifs is 1. The van der Waals surface area contributed by atoms with Gasteiger partial charge in [-0.3, -0.25) is 4.79 Å². The number of aromatic nitrogens is 4. The van der Waals surface area contributed by atoms with E-state index >= 15 is 0 Å². The quantitative estimate of drug-likeness (QED) is 0.480. The Morgan fingerprint density at radius 1 is 1.25 bits per heavy atom. The zero-order chi connectivity index (χ0) is 19.5. The molecule has 9 heteroatoms. The van der Waals surface area contributed by atoms with E-state index in [0.29, 0.717) is 15.9 Å². The van der Waals surface area contributed by atoms with Crippen LogP contribution in [0.15, 0.2) is 64.2 Å². The van der Waals surface area contributed by atoms with E-state index in [-0.39, 0.29) is 17.7 Å². The highest BCUT2D eigenvalue weighted by Crippen LogP contribution is 2.24. The molecular weight excluding hydrogens is 398 g/mol. The van der Waals surface area contributed by atoms with E-state index in [1.807, 2.05) is 49.4 Å². The number of furan rings is 1. The van der Waals surface area contributed by atoms with Crippen molar-refractivity contribution in [3.8, 4) is 5.69 Å². The van der Waals surface area contributed by atoms with Crippen LogP contribution in [-0.4, -0.2) is 31.9 Å². The number of hydrogen-bond acceptors (Lipinski definition) is 6. The lowest BCUT2D eigenvalue weighted by molar-refractivity contribution is -0.119. The number of rotatable bonds is 6. The van der Waals surface area contributed by atoms with Crippen LogP contribution in [0.5, 0.6) is 0 Å². The minimum Gasteiger partial charge on any atom is -0.459 e. The molecule has 1 N–H and O–H groups in total. The van der Waals surface area contributed by atoms with Crippen LogP contribution in [-0.2, 0) is 4.79 Å². The summed E-state index contributed by atoms with van der Waals surface area (Å²) in [6.07, 6.45) is 0. The standard InChI is InChI=1S/C19H16ClN5O2S/c1-12(17-10-13-4-2-3-5-16(13)27-17)21-18(26)11-28-19-22-23-24-25(19)15-8-6-14(20)7-9-15/h2-10,12H,11H2,1H3,(H,21,26)/t12-/m1/s1. The van der Waals surface area contributed by atoms with Crippen LogP contribution < -0.4 is 5.32 Å². The maximum Gasteiger partial charge on any atom is 0.231 e. The van der Waals surface area contributed by atoms with Gasteiger partial charge in [0.15, 0.2) is 0 Å². The Hall–Kier alpha value is -2.84. The van der Waals surface area contributed by atoms with Gasteiger partial charge in [0.2, 0.25) is 11.1 Å². The van der Waals surface area contributed by atoms with E-state index in [1.54, 1.807) is 16.8 Å². The number of nitrogens with zero attached hydrogens (tertiary/aromatic N) is 4. The van der Waals surface area contributed by atoms with Gasteiger partial charge in [-0.2, -0.15) is 4.68 Å². The number of thioether (sulfide) groups is 1. The Morgan fingerprint density at radius 3 is 2.82 bits per heavy atom. The molecule has 0 radical (unpaired) electrons. The lowest BCUT2D eigenvalue weighted by atomic mass is 10.2. The zero-order valence-corrected chi connectivity index (χ0v) is 16.4. The maximum atomic E-state index is 12.4. The van der Waals surface area contributed by atoms with Gasteiger partial charge in [0.25, 0.3) is 0 Å². The van der Waals surface area contributed by atoms with Gasteiger partial charge in [-0.05, 0) is 53.7 Å². The molecule has 0 aliphatic heterocycles. The maximum absolute atomic E-state index is 12.4. The first-order chi connectivity index (χ1) is 13.6. The average molecular weight is 414 g/mol. The molecule has 0 aliphatic rings. The lowest BCUT2D eigenvalue weighted by Crippen LogP contribution is -2.28. The third kappa shape index (κ3) is 4.02. The molecule has 7 nitrogen and oxygen atoms in total. The molecule has 1 amide bonds. The molecule has 0 aliphatic carbocycles. The lowest BCUT2D eigenvalue weighted by Gasteiger charge is -2.11. The van der Waals surface area contributed by atoms with Gasteiger partial charge < -0.3 is 9.73 Å². The summed E-state index contributed by atoms with van der Waals surface area (Å²) in [6.45, 7) is 1.89. The highest BCUT2D eigenvalue weighted by atomic mass is 35.5. The van der Waals surface area contributed by atoms with E-state index in [4.69, 9.17) is 16.0 Å². The molecule has 0 saturated heterocycles. The van der Waals surface area contributed by atoms with Crippen molar-refractivity contribution < 1.29 is 9.21 Å². The first-order valence-corrected chi connectivity index (χ1v) is 9.91. The second-order valence-electron chi connectivity index (χ2n) is 6.11. The van der Waals surface area contributed by atoms with Gasteiger partial charge in [-0.15, -0.1) is 5.10 Å². The van der Waals surface area contributed by atoms with Crippen molar-refractivity contribution in [1.29, 1.82) is 0 Å². The number of benzene rings is 2. The van der Waals surface area contributed by atoms with Crippen LogP contribution in [0.4, 0.5) is 0 Å². The highest BCUT2D eigenvalue weighted by Gasteiger charge is 2.16. The summed E-state index contributed by atoms with van der Waals surface area (Å²) < 4.78 is 7.37. The molecule has 2 aromatic heterocycles. The van der Waals surface area contributed by atoms with E-state index in [1.165, 1.54) is 11.8 Å². The van der Waals surface area contributed by atoms with Crippen molar-refractivity contribution in [2.24, 2.45) is 0 Å². The number of tetrazole rings is 1. The van der Waals surface area contributed by atoms with Crippen molar-refractivity contribution in [3.63, 3.8) is 0 Å². The topological polar surface area (TPSA) is 85.8 Å². The third-order valence-corrected chi connectivity index (χ3v) is 5.26. The van der Waals surface area contributed by atoms with Crippen LogP contribution in [0.2, 0.25) is 5.02 Å². The molecule has 4 aromatic rings. The summed E-state index contributed by atoms with van der Waals surface area (Å²) >= 11 is 7.17. The summed E-state index contributed by atoms with van der Waals surface area (Å²) in [7, 11) is 0. The second-order valence-corrected chi connectivity index (χ2v) is 7.49. The Bertz CT molecular complexity index is 1080. The van der Waals surface area contributed by atoms with E-state index < -0.39 is 0 Å². The molecule has 28 heavy (non-hydrogen) atoms. The number of hydrogen-bond donors (Lipinski definition) is 1. The zero-order valence-electron chi connectivity index (χ0n) is 14.9. The second kappa shape index (κ2) is 8.04. The number of amides is 1. The third-order valence-electron chi connectivity index (χ3n) is 4.09. The molecular formula is C19H16ClN5O2S. The van der Waals surface area contributed by atoms with Crippen molar-refractivity contribution in [3.05, 3.63) is 65.4 Å². The Morgan fingerprint density at radius 2 is 2.04 bits per heavy atom.